The van der Waals surface area contributed by atoms with Gasteiger partial charge < -0.3 is 15.3 Å². The van der Waals surface area contributed by atoms with Crippen molar-refractivity contribution in [3.8, 4) is 0 Å². The topological polar surface area (TPSA) is 82.5 Å². The van der Waals surface area contributed by atoms with E-state index in [4.69, 9.17) is 5.11 Å². The van der Waals surface area contributed by atoms with Gasteiger partial charge in [0.05, 0.1) is 12.0 Å². The number of carboxylic acid groups (broad SMARTS) is 1. The maximum absolute atomic E-state index is 12.3. The first kappa shape index (κ1) is 14.3. The number of rotatable bonds is 4. The minimum atomic E-state index is -0.820. The zero-order chi connectivity index (χ0) is 15.0. The maximum atomic E-state index is 12.3. The van der Waals surface area contributed by atoms with Gasteiger partial charge in [0.25, 0.3) is 0 Å². The summed E-state index contributed by atoms with van der Waals surface area (Å²) in [6.45, 7) is 2.76. The maximum Gasteiger partial charge on any atom is 0.317 e. The highest BCUT2D eigenvalue weighted by molar-refractivity contribution is 7.09. The number of hydrogen-bond donors (Lipinski definition) is 2. The normalized spacial score (nSPS) is 23.1. The van der Waals surface area contributed by atoms with Gasteiger partial charge in [-0.05, 0) is 32.1 Å². The number of urea groups is 1. The highest BCUT2D eigenvalue weighted by Gasteiger charge is 2.37. The van der Waals surface area contributed by atoms with E-state index in [2.05, 4.69) is 10.3 Å². The number of nitrogens with zero attached hydrogens (tertiary/aromatic N) is 2. The number of likely N-dealkylation sites (tertiary alicyclic amines) is 1. The Balaban J connectivity index is 1.64. The standard InChI is InChI=1S/C14H19N3O3S/c1-8-7-21-12(15-8)11(9-2-3-9)16-14(20)17-5-4-10(6-17)13(18)19/h7,9-11H,2-6H2,1H3,(H,16,20)(H,18,19). The molecule has 2 atom stereocenters. The Morgan fingerprint density at radius 1 is 1.48 bits per heavy atom. The molecule has 2 amide bonds. The van der Waals surface area contributed by atoms with Crippen molar-refractivity contribution in [1.29, 1.82) is 0 Å². The van der Waals surface area contributed by atoms with E-state index in [0.29, 0.717) is 25.4 Å². The van der Waals surface area contributed by atoms with Crippen LogP contribution in [0.4, 0.5) is 4.79 Å². The third-order valence-electron chi connectivity index (χ3n) is 4.10. The second-order valence-corrected chi connectivity index (χ2v) is 6.75. The summed E-state index contributed by atoms with van der Waals surface area (Å²) in [5.41, 5.74) is 0.974. The van der Waals surface area contributed by atoms with Crippen molar-refractivity contribution in [3.63, 3.8) is 0 Å². The third kappa shape index (κ3) is 3.18. The smallest absolute Gasteiger partial charge is 0.317 e. The lowest BCUT2D eigenvalue weighted by Gasteiger charge is -2.22. The predicted octanol–water partition coefficient (Wildman–Crippen LogP) is 2.02. The molecule has 1 aromatic rings. The number of nitrogens with one attached hydrogen (secondary N) is 1. The van der Waals surface area contributed by atoms with Crippen molar-refractivity contribution in [3.05, 3.63) is 16.1 Å². The average Bonchev–Trinajstić information content (AvgIpc) is 2.98. The van der Waals surface area contributed by atoms with Crippen LogP contribution < -0.4 is 5.32 Å². The van der Waals surface area contributed by atoms with Gasteiger partial charge in [-0.25, -0.2) is 9.78 Å². The number of carboxylic acids is 1. The Bertz CT molecular complexity index is 555. The van der Waals surface area contributed by atoms with E-state index < -0.39 is 11.9 Å². The van der Waals surface area contributed by atoms with E-state index in [0.717, 1.165) is 23.5 Å². The Morgan fingerprint density at radius 2 is 2.24 bits per heavy atom. The van der Waals surface area contributed by atoms with Gasteiger partial charge in [-0.3, -0.25) is 4.79 Å². The highest BCUT2D eigenvalue weighted by atomic mass is 32.1. The molecule has 0 spiro atoms. The molecule has 21 heavy (non-hydrogen) atoms. The molecule has 1 aliphatic carbocycles. The van der Waals surface area contributed by atoms with Gasteiger partial charge in [-0.1, -0.05) is 0 Å². The van der Waals surface area contributed by atoms with Crippen molar-refractivity contribution < 1.29 is 14.7 Å². The summed E-state index contributed by atoms with van der Waals surface area (Å²) >= 11 is 1.58. The molecule has 1 saturated carbocycles. The van der Waals surface area contributed by atoms with Crippen LogP contribution in [0.1, 0.15) is 36.0 Å². The summed E-state index contributed by atoms with van der Waals surface area (Å²) in [6.07, 6.45) is 2.76. The van der Waals surface area contributed by atoms with Crippen LogP contribution in [0.5, 0.6) is 0 Å². The molecule has 2 unspecified atom stereocenters. The zero-order valence-electron chi connectivity index (χ0n) is 11.9. The van der Waals surface area contributed by atoms with Gasteiger partial charge in [-0.15, -0.1) is 11.3 Å². The lowest BCUT2D eigenvalue weighted by molar-refractivity contribution is -0.141. The molecule has 2 fully saturated rings. The van der Waals surface area contributed by atoms with E-state index >= 15 is 0 Å². The molecule has 2 aliphatic rings. The number of amides is 2. The largest absolute Gasteiger partial charge is 0.481 e. The lowest BCUT2D eigenvalue weighted by Crippen LogP contribution is -2.41. The molecular weight excluding hydrogens is 290 g/mol. The van der Waals surface area contributed by atoms with E-state index in [9.17, 15) is 9.59 Å². The van der Waals surface area contributed by atoms with Crippen LogP contribution in [-0.4, -0.2) is 40.1 Å². The molecule has 2 heterocycles. The predicted molar refractivity (Wildman–Crippen MR) is 78.2 cm³/mol. The fraction of sp³-hybridized carbons (Fsp3) is 0.643. The molecule has 7 heteroatoms. The van der Waals surface area contributed by atoms with Gasteiger partial charge in [0.2, 0.25) is 0 Å². The Labute approximate surface area is 127 Å². The third-order valence-corrected chi connectivity index (χ3v) is 5.15. The van der Waals surface area contributed by atoms with Gasteiger partial charge >= 0.3 is 12.0 Å². The number of carbonyl (C=O) groups is 2. The van der Waals surface area contributed by atoms with Crippen LogP contribution in [-0.2, 0) is 4.79 Å². The van der Waals surface area contributed by atoms with Gasteiger partial charge in [0, 0.05) is 24.2 Å². The van der Waals surface area contributed by atoms with E-state index in [1.165, 1.54) is 0 Å². The molecule has 0 radical (unpaired) electrons. The fourth-order valence-electron chi connectivity index (χ4n) is 2.70. The van der Waals surface area contributed by atoms with Crippen molar-refractivity contribution in [2.75, 3.05) is 13.1 Å². The summed E-state index contributed by atoms with van der Waals surface area (Å²) < 4.78 is 0. The average molecular weight is 309 g/mol. The second kappa shape index (κ2) is 5.63. The zero-order valence-corrected chi connectivity index (χ0v) is 12.7. The number of aliphatic carboxylic acids is 1. The molecular formula is C14H19N3O3S. The summed E-state index contributed by atoms with van der Waals surface area (Å²) in [7, 11) is 0. The number of aromatic nitrogens is 1. The Hall–Kier alpha value is -1.63. The SMILES string of the molecule is Cc1csc(C(NC(=O)N2CCC(C(=O)O)C2)C2CC2)n1. The van der Waals surface area contributed by atoms with Crippen LogP contribution in [0.3, 0.4) is 0 Å². The number of hydrogen-bond acceptors (Lipinski definition) is 4. The molecule has 0 bridgehead atoms. The minimum Gasteiger partial charge on any atom is -0.481 e. The molecule has 1 saturated heterocycles. The summed E-state index contributed by atoms with van der Waals surface area (Å²) in [5, 5.41) is 15.0. The first-order valence-electron chi connectivity index (χ1n) is 7.25. The Morgan fingerprint density at radius 3 is 2.76 bits per heavy atom. The fourth-order valence-corrected chi connectivity index (χ4v) is 3.64. The van der Waals surface area contributed by atoms with Crippen LogP contribution in [0, 0.1) is 18.8 Å². The highest BCUT2D eigenvalue weighted by Crippen LogP contribution is 2.42. The molecule has 1 aromatic heterocycles. The van der Waals surface area contributed by atoms with Crippen molar-refractivity contribution in [1.82, 2.24) is 15.2 Å². The molecule has 3 rings (SSSR count). The van der Waals surface area contributed by atoms with E-state index in [1.807, 2.05) is 12.3 Å². The number of aryl methyl sites for hydroxylation is 1. The van der Waals surface area contributed by atoms with Gasteiger partial charge in [0.15, 0.2) is 0 Å². The first-order valence-corrected chi connectivity index (χ1v) is 8.13. The molecule has 1 aliphatic heterocycles. The molecule has 6 nitrogen and oxygen atoms in total. The molecule has 0 aromatic carbocycles. The number of carbonyl (C=O) groups excluding carboxylic acids is 1. The monoisotopic (exact) mass is 309 g/mol. The first-order chi connectivity index (χ1) is 10.0. The van der Waals surface area contributed by atoms with Crippen molar-refractivity contribution in [2.45, 2.75) is 32.2 Å². The van der Waals surface area contributed by atoms with Crippen molar-refractivity contribution in [2.24, 2.45) is 11.8 Å². The van der Waals surface area contributed by atoms with Crippen LogP contribution >= 0.6 is 11.3 Å². The van der Waals surface area contributed by atoms with Gasteiger partial charge in [-0.2, -0.15) is 0 Å². The summed E-state index contributed by atoms with van der Waals surface area (Å²) in [6, 6.07) is -0.191. The van der Waals surface area contributed by atoms with Crippen LogP contribution in [0.15, 0.2) is 5.38 Å². The van der Waals surface area contributed by atoms with Crippen LogP contribution in [0.2, 0.25) is 0 Å². The van der Waals surface area contributed by atoms with Gasteiger partial charge in [0.1, 0.15) is 5.01 Å². The number of thiazole rings is 1. The van der Waals surface area contributed by atoms with Crippen molar-refractivity contribution >= 4 is 23.3 Å². The van der Waals surface area contributed by atoms with E-state index in [-0.39, 0.29) is 12.1 Å². The summed E-state index contributed by atoms with van der Waals surface area (Å²) in [4.78, 5) is 29.4. The van der Waals surface area contributed by atoms with Crippen LogP contribution in [0.25, 0.3) is 0 Å². The quantitative estimate of drug-likeness (QED) is 0.891. The Kier molecular flexibility index (Phi) is 3.84. The minimum absolute atomic E-state index is 0.0277. The van der Waals surface area contributed by atoms with E-state index in [1.54, 1.807) is 16.2 Å². The molecule has 114 valence electrons. The summed E-state index contributed by atoms with van der Waals surface area (Å²) in [5.74, 6) is -0.783. The lowest BCUT2D eigenvalue weighted by atomic mass is 10.1. The second-order valence-electron chi connectivity index (χ2n) is 5.86. The molecule has 2 N–H and O–H groups in total.